The second kappa shape index (κ2) is 5.26. The van der Waals surface area contributed by atoms with Crippen molar-refractivity contribution in [3.8, 4) is 0 Å². The topological polar surface area (TPSA) is 92.2 Å². The molecule has 1 aromatic heterocycles. The first-order valence-corrected chi connectivity index (χ1v) is 6.82. The summed E-state index contributed by atoms with van der Waals surface area (Å²) in [6, 6.07) is 0. The lowest BCUT2D eigenvalue weighted by molar-refractivity contribution is 0.0613. The average molecular weight is 280 g/mol. The molecular weight excluding hydrogens is 266 g/mol. The van der Waals surface area contributed by atoms with Crippen LogP contribution in [0, 0.1) is 0 Å². The minimum Gasteiger partial charge on any atom is -0.389 e. The van der Waals surface area contributed by atoms with Crippen molar-refractivity contribution < 1.29 is 13.5 Å². The van der Waals surface area contributed by atoms with Crippen LogP contribution in [0.3, 0.4) is 0 Å². The first kappa shape index (κ1) is 14.3. The Kier molecular flexibility index (Phi) is 4.42. The van der Waals surface area contributed by atoms with E-state index >= 15 is 0 Å². The lowest BCUT2D eigenvalue weighted by Crippen LogP contribution is -2.40. The summed E-state index contributed by atoms with van der Waals surface area (Å²) < 4.78 is 25.8. The number of halogens is 1. The Morgan fingerprint density at radius 2 is 2.00 bits per heavy atom. The van der Waals surface area contributed by atoms with Gasteiger partial charge in [0.25, 0.3) is 0 Å². The number of hydrogen-bond acceptors (Lipinski definition) is 5. The molecular formula is C9H14ClN3O3S. The van der Waals surface area contributed by atoms with Crippen molar-refractivity contribution in [2.45, 2.75) is 30.8 Å². The molecule has 1 atom stereocenters. The van der Waals surface area contributed by atoms with Gasteiger partial charge in [0.2, 0.25) is 15.3 Å². The van der Waals surface area contributed by atoms with E-state index in [4.69, 9.17) is 11.6 Å². The van der Waals surface area contributed by atoms with E-state index in [9.17, 15) is 13.5 Å². The third kappa shape index (κ3) is 4.19. The summed E-state index contributed by atoms with van der Waals surface area (Å²) in [5.74, 6) is 0. The number of rotatable bonds is 5. The van der Waals surface area contributed by atoms with Gasteiger partial charge < -0.3 is 5.11 Å². The van der Waals surface area contributed by atoms with Gasteiger partial charge >= 0.3 is 0 Å². The number of nitrogens with zero attached hydrogens (tertiary/aromatic N) is 2. The predicted octanol–water partition coefficient (Wildman–Crippen LogP) is 0.569. The number of nitrogens with one attached hydrogen (secondary N) is 1. The standard InChI is InChI=1S/C9H14ClN3O3S/c1-3-9(2,14)6-13-17(15,16)7-4-11-8(10)12-5-7/h4-5,13-14H,3,6H2,1-2H3. The van der Waals surface area contributed by atoms with Gasteiger partial charge in [-0.05, 0) is 24.9 Å². The first-order chi connectivity index (χ1) is 7.77. The van der Waals surface area contributed by atoms with Gasteiger partial charge in [-0.25, -0.2) is 23.1 Å². The van der Waals surface area contributed by atoms with Crippen molar-refractivity contribution in [2.75, 3.05) is 6.54 Å². The van der Waals surface area contributed by atoms with Gasteiger partial charge in [0.1, 0.15) is 4.90 Å². The maximum absolute atomic E-state index is 11.8. The molecule has 0 radical (unpaired) electrons. The van der Waals surface area contributed by atoms with Crippen LogP contribution in [0.5, 0.6) is 0 Å². The maximum Gasteiger partial charge on any atom is 0.243 e. The van der Waals surface area contributed by atoms with Crippen LogP contribution in [-0.2, 0) is 10.0 Å². The molecule has 96 valence electrons. The van der Waals surface area contributed by atoms with Crippen LogP contribution < -0.4 is 4.72 Å². The van der Waals surface area contributed by atoms with E-state index in [1.54, 1.807) is 13.8 Å². The molecule has 0 fully saturated rings. The fraction of sp³-hybridized carbons (Fsp3) is 0.556. The molecule has 0 aromatic carbocycles. The summed E-state index contributed by atoms with van der Waals surface area (Å²) >= 11 is 5.46. The molecule has 0 spiro atoms. The maximum atomic E-state index is 11.8. The number of hydrogen-bond donors (Lipinski definition) is 2. The molecule has 0 saturated heterocycles. The van der Waals surface area contributed by atoms with E-state index in [1.165, 1.54) is 0 Å². The minimum atomic E-state index is -3.71. The van der Waals surface area contributed by atoms with Crippen LogP contribution in [0.25, 0.3) is 0 Å². The van der Waals surface area contributed by atoms with Gasteiger partial charge in [0.15, 0.2) is 0 Å². The molecule has 1 heterocycles. The highest BCUT2D eigenvalue weighted by Crippen LogP contribution is 2.11. The zero-order chi connectivity index (χ0) is 13.1. The lowest BCUT2D eigenvalue weighted by Gasteiger charge is -2.21. The van der Waals surface area contributed by atoms with E-state index in [0.717, 1.165) is 12.4 Å². The Bertz CT molecular complexity index is 473. The highest BCUT2D eigenvalue weighted by atomic mass is 35.5. The van der Waals surface area contributed by atoms with Crippen LogP contribution in [0.15, 0.2) is 17.3 Å². The van der Waals surface area contributed by atoms with Crippen LogP contribution in [0.2, 0.25) is 5.28 Å². The second-order valence-electron chi connectivity index (χ2n) is 3.86. The summed E-state index contributed by atoms with van der Waals surface area (Å²) in [5, 5.41) is 9.67. The van der Waals surface area contributed by atoms with Crippen molar-refractivity contribution in [1.29, 1.82) is 0 Å². The molecule has 1 rings (SSSR count). The van der Waals surface area contributed by atoms with E-state index in [-0.39, 0.29) is 16.7 Å². The molecule has 0 aliphatic heterocycles. The van der Waals surface area contributed by atoms with Gasteiger partial charge in [0, 0.05) is 6.54 Å². The Balaban J connectivity index is 2.79. The summed E-state index contributed by atoms with van der Waals surface area (Å²) in [4.78, 5) is 7.08. The second-order valence-corrected chi connectivity index (χ2v) is 5.97. The largest absolute Gasteiger partial charge is 0.389 e. The number of aromatic nitrogens is 2. The van der Waals surface area contributed by atoms with E-state index in [1.807, 2.05) is 0 Å². The van der Waals surface area contributed by atoms with Crippen molar-refractivity contribution in [2.24, 2.45) is 0 Å². The van der Waals surface area contributed by atoms with Crippen molar-refractivity contribution in [3.63, 3.8) is 0 Å². The Morgan fingerprint density at radius 3 is 2.47 bits per heavy atom. The molecule has 1 aromatic rings. The fourth-order valence-corrected chi connectivity index (χ4v) is 2.05. The molecule has 0 saturated carbocycles. The first-order valence-electron chi connectivity index (χ1n) is 4.96. The highest BCUT2D eigenvalue weighted by Gasteiger charge is 2.22. The Morgan fingerprint density at radius 1 is 1.47 bits per heavy atom. The summed E-state index contributed by atoms with van der Waals surface area (Å²) in [7, 11) is -3.71. The van der Waals surface area contributed by atoms with Gasteiger partial charge in [-0.2, -0.15) is 0 Å². The Labute approximate surface area is 105 Å². The van der Waals surface area contributed by atoms with Crippen LogP contribution in [-0.4, -0.2) is 35.6 Å². The number of sulfonamides is 1. The quantitative estimate of drug-likeness (QED) is 0.769. The SMILES string of the molecule is CCC(C)(O)CNS(=O)(=O)c1cnc(Cl)nc1. The smallest absolute Gasteiger partial charge is 0.243 e. The molecule has 17 heavy (non-hydrogen) atoms. The van der Waals surface area contributed by atoms with E-state index in [0.29, 0.717) is 6.42 Å². The molecule has 0 aliphatic rings. The zero-order valence-corrected chi connectivity index (χ0v) is 11.1. The van der Waals surface area contributed by atoms with Crippen LogP contribution in [0.4, 0.5) is 0 Å². The average Bonchev–Trinajstić information content (AvgIpc) is 2.27. The van der Waals surface area contributed by atoms with E-state index in [2.05, 4.69) is 14.7 Å². The van der Waals surface area contributed by atoms with Crippen LogP contribution >= 0.6 is 11.6 Å². The van der Waals surface area contributed by atoms with Crippen molar-refractivity contribution in [1.82, 2.24) is 14.7 Å². The lowest BCUT2D eigenvalue weighted by atomic mass is 10.1. The van der Waals surface area contributed by atoms with Crippen LogP contribution in [0.1, 0.15) is 20.3 Å². The Hall–Kier alpha value is -0.760. The third-order valence-corrected chi connectivity index (χ3v) is 3.86. The minimum absolute atomic E-state index is 0.0236. The van der Waals surface area contributed by atoms with Gasteiger partial charge in [-0.1, -0.05) is 6.92 Å². The summed E-state index contributed by atoms with van der Waals surface area (Å²) in [5.41, 5.74) is -1.08. The van der Waals surface area contributed by atoms with Crippen molar-refractivity contribution >= 4 is 21.6 Å². The monoisotopic (exact) mass is 279 g/mol. The molecule has 8 heteroatoms. The fourth-order valence-electron chi connectivity index (χ4n) is 0.898. The van der Waals surface area contributed by atoms with Gasteiger partial charge in [0.05, 0.1) is 18.0 Å². The molecule has 1 unspecified atom stereocenters. The van der Waals surface area contributed by atoms with E-state index < -0.39 is 15.6 Å². The third-order valence-electron chi connectivity index (χ3n) is 2.31. The molecule has 6 nitrogen and oxygen atoms in total. The molecule has 2 N–H and O–H groups in total. The summed E-state index contributed by atoms with van der Waals surface area (Å²) in [6.07, 6.45) is 2.66. The summed E-state index contributed by atoms with van der Waals surface area (Å²) in [6.45, 7) is 3.24. The van der Waals surface area contributed by atoms with Gasteiger partial charge in [-0.15, -0.1) is 0 Å². The zero-order valence-electron chi connectivity index (χ0n) is 9.51. The van der Waals surface area contributed by atoms with Gasteiger partial charge in [-0.3, -0.25) is 0 Å². The normalized spacial score (nSPS) is 15.5. The van der Waals surface area contributed by atoms with Crippen molar-refractivity contribution in [3.05, 3.63) is 17.7 Å². The predicted molar refractivity (Wildman–Crippen MR) is 63.1 cm³/mol. The molecule has 0 bridgehead atoms. The molecule has 0 aliphatic carbocycles. The number of aliphatic hydroxyl groups is 1. The highest BCUT2D eigenvalue weighted by molar-refractivity contribution is 7.89. The molecule has 0 amide bonds.